The predicted molar refractivity (Wildman–Crippen MR) is 276 cm³/mol. The van der Waals surface area contributed by atoms with Crippen molar-refractivity contribution in [1.29, 1.82) is 0 Å². The van der Waals surface area contributed by atoms with E-state index in [1.807, 2.05) is 0 Å². The summed E-state index contributed by atoms with van der Waals surface area (Å²) >= 11 is -0.826. The quantitative estimate of drug-likeness (QED) is 0.105. The summed E-state index contributed by atoms with van der Waals surface area (Å²) in [7, 11) is 11.0. The van der Waals surface area contributed by atoms with Crippen molar-refractivity contribution in [3.8, 4) is 44.5 Å². The fraction of sp³-hybridized carbons (Fsp3) is 0.276. The Hall–Kier alpha value is -3.78. The average Bonchev–Trinajstić information content (AvgIpc) is 3.90. The molecule has 0 fully saturated rings. The molecule has 8 aromatic rings. The molecule has 8 rings (SSSR count). The average molecular weight is 951 g/mol. The van der Waals surface area contributed by atoms with E-state index < -0.39 is 20.8 Å². The summed E-state index contributed by atoms with van der Waals surface area (Å²) in [6, 6.07) is 54.1. The van der Waals surface area contributed by atoms with Gasteiger partial charge in [0.2, 0.25) is 0 Å². The van der Waals surface area contributed by atoms with Crippen molar-refractivity contribution in [2.45, 2.75) is 106 Å². The zero-order chi connectivity index (χ0) is 45.1. The van der Waals surface area contributed by atoms with Gasteiger partial charge in [-0.05, 0) is 82.0 Å². The van der Waals surface area contributed by atoms with E-state index in [0.717, 1.165) is 9.52 Å². The molecule has 0 bridgehead atoms. The molecule has 0 heterocycles. The van der Waals surface area contributed by atoms with Gasteiger partial charge < -0.3 is 0 Å². The first kappa shape index (κ1) is 49.2. The van der Waals surface area contributed by atoms with Gasteiger partial charge in [-0.2, -0.15) is 0 Å². The molecule has 0 spiro atoms. The van der Waals surface area contributed by atoms with E-state index in [9.17, 15) is 0 Å². The van der Waals surface area contributed by atoms with Crippen molar-refractivity contribution in [3.63, 3.8) is 0 Å². The van der Waals surface area contributed by atoms with Crippen LogP contribution in [0.15, 0.2) is 146 Å². The van der Waals surface area contributed by atoms with Gasteiger partial charge >= 0.3 is 37.9 Å². The first-order valence-electron chi connectivity index (χ1n) is 22.1. The Labute approximate surface area is 395 Å². The number of rotatable bonds is 8. The fourth-order valence-corrected chi connectivity index (χ4v) is 8.12. The summed E-state index contributed by atoms with van der Waals surface area (Å²) < 4.78 is 0. The molecule has 318 valence electrons. The van der Waals surface area contributed by atoms with Gasteiger partial charge in [0.25, 0.3) is 0 Å². The molecule has 0 saturated heterocycles. The molecule has 0 aromatic heterocycles. The summed E-state index contributed by atoms with van der Waals surface area (Å²) in [6.07, 6.45) is 0. The van der Waals surface area contributed by atoms with Crippen LogP contribution in [0, 0.1) is 13.8 Å². The Morgan fingerprint density at radius 3 is 0.984 bits per heavy atom. The van der Waals surface area contributed by atoms with Crippen molar-refractivity contribution in [1.82, 2.24) is 0 Å². The van der Waals surface area contributed by atoms with Gasteiger partial charge in [0.05, 0.1) is 0 Å². The topological polar surface area (TPSA) is 0 Å². The molecule has 0 nitrogen and oxygen atoms in total. The number of fused-ring (bicyclic) bond motifs is 2. The Kier molecular flexibility index (Phi) is 18.5. The molecule has 62 heavy (non-hydrogen) atoms. The summed E-state index contributed by atoms with van der Waals surface area (Å²) in [5.41, 5.74) is 19.0. The van der Waals surface area contributed by atoms with Gasteiger partial charge in [-0.15, -0.1) is 69.1 Å². The van der Waals surface area contributed by atoms with E-state index in [2.05, 4.69) is 228 Å². The molecular weight excluding hydrogens is 887 g/mol. The van der Waals surface area contributed by atoms with E-state index in [-0.39, 0.29) is 0 Å². The molecule has 0 aliphatic heterocycles. The monoisotopic (exact) mass is 948 g/mol. The van der Waals surface area contributed by atoms with Crippen molar-refractivity contribution in [2.24, 2.45) is 0 Å². The van der Waals surface area contributed by atoms with Crippen LogP contribution >= 0.6 is 17.0 Å². The van der Waals surface area contributed by atoms with Crippen LogP contribution < -0.4 is 0 Å². The number of halogens is 2. The van der Waals surface area contributed by atoms with Crippen LogP contribution in [0.5, 0.6) is 0 Å². The Balaban J connectivity index is 0.000000208. The first-order valence-corrected chi connectivity index (χ1v) is 30.4. The van der Waals surface area contributed by atoms with E-state index in [0.29, 0.717) is 23.7 Å². The standard InChI is InChI=1S/2C28H29.C2H6Si.2ClH.Zr/c2*1-18(2)23-14-24(19(3)4)16-26(15-23)28-20(5)11-12-22-13-25(17-27(22)28)21-9-7-6-8-10-21;1-3-2;;;/h2*6-19H,1-5H3;1-2H3;2*1H;/q2*-1;;;;+4/p-2. The van der Waals surface area contributed by atoms with Crippen LogP contribution in [-0.4, -0.2) is 9.52 Å². The minimum atomic E-state index is -0.826. The van der Waals surface area contributed by atoms with Crippen molar-refractivity contribution >= 4 is 48.1 Å². The third-order valence-electron chi connectivity index (χ3n) is 11.6. The molecule has 0 aliphatic rings. The summed E-state index contributed by atoms with van der Waals surface area (Å²) in [5, 5.41) is 5.35. The van der Waals surface area contributed by atoms with Crippen LogP contribution in [0.3, 0.4) is 0 Å². The second kappa shape index (κ2) is 23.2. The minimum absolute atomic E-state index is 0.525. The summed E-state index contributed by atoms with van der Waals surface area (Å²) in [6.45, 7) is 27.1. The number of aryl methyl sites for hydroxylation is 2. The van der Waals surface area contributed by atoms with Crippen LogP contribution in [0.1, 0.15) is 112 Å². The van der Waals surface area contributed by atoms with Gasteiger partial charge in [0.1, 0.15) is 0 Å². The first-order chi connectivity index (χ1) is 29.7. The predicted octanol–water partition coefficient (Wildman–Crippen LogP) is 19.1. The third-order valence-corrected chi connectivity index (χ3v) is 11.6. The van der Waals surface area contributed by atoms with Crippen molar-refractivity contribution < 1.29 is 20.8 Å². The van der Waals surface area contributed by atoms with Crippen LogP contribution in [0.2, 0.25) is 13.1 Å². The Bertz CT molecular complexity index is 2410. The molecule has 0 amide bonds. The van der Waals surface area contributed by atoms with Gasteiger partial charge in [0.15, 0.2) is 0 Å². The molecule has 0 aliphatic carbocycles. The summed E-state index contributed by atoms with van der Waals surface area (Å²) in [5.74, 6) is 2.10. The van der Waals surface area contributed by atoms with E-state index >= 15 is 0 Å². The third kappa shape index (κ3) is 12.3. The van der Waals surface area contributed by atoms with Crippen LogP contribution in [-0.2, 0) is 20.8 Å². The maximum absolute atomic E-state index is 4.93. The van der Waals surface area contributed by atoms with Crippen molar-refractivity contribution in [3.05, 3.63) is 179 Å². The number of benzene rings is 6. The molecule has 0 atom stereocenters. The van der Waals surface area contributed by atoms with Crippen LogP contribution in [0.4, 0.5) is 0 Å². The molecule has 8 aromatic carbocycles. The number of hydrogen-bond acceptors (Lipinski definition) is 0. The molecule has 4 heteroatoms. The zero-order valence-electron chi connectivity index (χ0n) is 38.9. The van der Waals surface area contributed by atoms with Gasteiger partial charge in [-0.3, -0.25) is 0 Å². The molecular formula is C58H64Cl2SiZr. The second-order valence-electron chi connectivity index (χ2n) is 17.7. The van der Waals surface area contributed by atoms with Gasteiger partial charge in [0, 0.05) is 9.52 Å². The maximum atomic E-state index is 4.93. The second-order valence-corrected chi connectivity index (χ2v) is 22.4. The van der Waals surface area contributed by atoms with Crippen LogP contribution in [0.25, 0.3) is 66.1 Å². The summed E-state index contributed by atoms with van der Waals surface area (Å²) in [4.78, 5) is 0. The number of hydrogen-bond donors (Lipinski definition) is 0. The van der Waals surface area contributed by atoms with E-state index in [1.165, 1.54) is 99.4 Å². The Morgan fingerprint density at radius 1 is 0.419 bits per heavy atom. The fourth-order valence-electron chi connectivity index (χ4n) is 8.12. The molecule has 0 N–H and O–H groups in total. The Morgan fingerprint density at radius 2 is 0.710 bits per heavy atom. The van der Waals surface area contributed by atoms with Gasteiger partial charge in [-0.1, -0.05) is 200 Å². The van der Waals surface area contributed by atoms with Gasteiger partial charge in [-0.25, -0.2) is 0 Å². The van der Waals surface area contributed by atoms with E-state index in [1.54, 1.807) is 0 Å². The normalized spacial score (nSPS) is 11.0. The molecule has 0 unspecified atom stereocenters. The zero-order valence-corrected chi connectivity index (χ0v) is 43.9. The SMILES string of the molecule is C[Si]C.Cc1ccc2[cH-]c(-c3ccccc3)cc2c1-c1cc(C(C)C)cc(C(C)C)c1.Cc1ccc2[cH-]c(-c3ccccc3)cc2c1-c1cc(C(C)C)cc(C(C)C)c1.[Cl][Zr+2][Cl]. The molecule has 2 radical (unpaired) electrons. The van der Waals surface area contributed by atoms with E-state index in [4.69, 9.17) is 17.0 Å². The molecule has 0 saturated carbocycles. The van der Waals surface area contributed by atoms with Crippen molar-refractivity contribution in [2.75, 3.05) is 0 Å².